The Morgan fingerprint density at radius 3 is 2.03 bits per heavy atom. The number of hydrogen-bond donors (Lipinski definition) is 0. The van der Waals surface area contributed by atoms with Gasteiger partial charge in [0.1, 0.15) is 11.5 Å². The van der Waals surface area contributed by atoms with E-state index in [1.807, 2.05) is 0 Å². The fraction of sp³-hybridized carbons (Fsp3) is 0.333. The lowest BCUT2D eigenvalue weighted by atomic mass is 10.1. The summed E-state index contributed by atoms with van der Waals surface area (Å²) in [7, 11) is 7.66. The van der Waals surface area contributed by atoms with Crippen molar-refractivity contribution in [2.45, 2.75) is 13.2 Å². The largest absolute Gasteiger partial charge is 0.497 e. The van der Waals surface area contributed by atoms with E-state index in [9.17, 15) is 4.79 Å². The molecule has 0 bridgehead atoms. The van der Waals surface area contributed by atoms with Gasteiger partial charge in [0, 0.05) is 18.6 Å². The zero-order valence-electron chi connectivity index (χ0n) is 17.7. The van der Waals surface area contributed by atoms with Crippen LogP contribution in [0.1, 0.15) is 24.3 Å². The highest BCUT2D eigenvalue weighted by Gasteiger charge is 2.36. The van der Waals surface area contributed by atoms with Gasteiger partial charge >= 0.3 is 0 Å². The number of carbonyl (C=O) groups excluding carboxylic acids is 1. The van der Waals surface area contributed by atoms with Crippen molar-refractivity contribution in [3.8, 4) is 28.7 Å². The zero-order chi connectivity index (χ0) is 21.8. The van der Waals surface area contributed by atoms with Crippen molar-refractivity contribution >= 4 is 11.8 Å². The van der Waals surface area contributed by atoms with Crippen LogP contribution in [-0.4, -0.2) is 52.4 Å². The lowest BCUT2D eigenvalue weighted by Gasteiger charge is -2.21. The Hall–Kier alpha value is -3.62. The Morgan fingerprint density at radius 1 is 0.900 bits per heavy atom. The van der Waals surface area contributed by atoms with E-state index in [1.165, 1.54) is 40.4 Å². The summed E-state index contributed by atoms with van der Waals surface area (Å²) >= 11 is 0. The van der Waals surface area contributed by atoms with E-state index < -0.39 is 6.23 Å². The van der Waals surface area contributed by atoms with E-state index >= 15 is 0 Å². The lowest BCUT2D eigenvalue weighted by Crippen LogP contribution is -2.25. The van der Waals surface area contributed by atoms with Crippen molar-refractivity contribution in [1.82, 2.24) is 5.01 Å². The van der Waals surface area contributed by atoms with E-state index in [1.54, 1.807) is 37.4 Å². The minimum absolute atomic E-state index is 0.229. The fourth-order valence-electron chi connectivity index (χ4n) is 3.11. The standard InChI is InChI=1S/C21H24N2O7/c1-12(24)23-21(15-8-7-14(25-2)11-16(15)26-3)30-20(22-23)13-9-17(27-4)19(29-6)18(10-13)28-5/h7-11,21H,1-6H3/t21-/m1/s1. The van der Waals surface area contributed by atoms with Crippen molar-refractivity contribution in [3.63, 3.8) is 0 Å². The monoisotopic (exact) mass is 416 g/mol. The number of rotatable bonds is 7. The number of amides is 1. The number of methoxy groups -OCH3 is 5. The molecule has 2 aromatic carbocycles. The third-order valence-corrected chi connectivity index (χ3v) is 4.58. The Labute approximate surface area is 174 Å². The Balaban J connectivity index is 2.04. The van der Waals surface area contributed by atoms with Crippen LogP contribution in [0.3, 0.4) is 0 Å². The van der Waals surface area contributed by atoms with Crippen LogP contribution in [0.25, 0.3) is 0 Å². The molecule has 9 nitrogen and oxygen atoms in total. The molecule has 160 valence electrons. The van der Waals surface area contributed by atoms with E-state index in [0.29, 0.717) is 39.9 Å². The zero-order valence-corrected chi connectivity index (χ0v) is 17.7. The molecule has 1 aliphatic heterocycles. The number of nitrogens with zero attached hydrogens (tertiary/aromatic N) is 2. The third-order valence-electron chi connectivity index (χ3n) is 4.58. The molecule has 0 aliphatic carbocycles. The fourth-order valence-corrected chi connectivity index (χ4v) is 3.11. The SMILES string of the molecule is COc1ccc([C@H]2OC(c3cc(OC)c(OC)c(OC)c3)=NN2C(C)=O)c(OC)c1. The Bertz CT molecular complexity index is 949. The smallest absolute Gasteiger partial charge is 0.243 e. The maximum absolute atomic E-state index is 12.3. The van der Waals surface area contributed by atoms with Crippen LogP contribution in [-0.2, 0) is 9.53 Å². The molecule has 0 N–H and O–H groups in total. The average molecular weight is 416 g/mol. The molecular formula is C21H24N2O7. The van der Waals surface area contributed by atoms with Crippen molar-refractivity contribution in [2.24, 2.45) is 5.10 Å². The molecule has 0 unspecified atom stereocenters. The van der Waals surface area contributed by atoms with Gasteiger partial charge in [-0.15, -0.1) is 5.10 Å². The summed E-state index contributed by atoms with van der Waals surface area (Å²) in [4.78, 5) is 12.3. The molecule has 30 heavy (non-hydrogen) atoms. The number of hydrogen-bond acceptors (Lipinski definition) is 8. The van der Waals surface area contributed by atoms with Crippen LogP contribution in [0.4, 0.5) is 0 Å². The molecular weight excluding hydrogens is 392 g/mol. The first-order valence-electron chi connectivity index (χ1n) is 9.04. The van der Waals surface area contributed by atoms with Gasteiger partial charge in [0.25, 0.3) is 0 Å². The minimum Gasteiger partial charge on any atom is -0.497 e. The normalized spacial score (nSPS) is 15.2. The van der Waals surface area contributed by atoms with Crippen LogP contribution in [0.2, 0.25) is 0 Å². The van der Waals surface area contributed by atoms with Gasteiger partial charge in [0.15, 0.2) is 11.5 Å². The molecule has 1 amide bonds. The molecule has 1 heterocycles. The van der Waals surface area contributed by atoms with Crippen molar-refractivity contribution in [2.75, 3.05) is 35.5 Å². The summed E-state index contributed by atoms with van der Waals surface area (Å²) in [6.45, 7) is 1.41. The highest BCUT2D eigenvalue weighted by atomic mass is 16.5. The second-order valence-corrected chi connectivity index (χ2v) is 6.26. The van der Waals surface area contributed by atoms with E-state index in [4.69, 9.17) is 28.4 Å². The number of carbonyl (C=O) groups is 1. The van der Waals surface area contributed by atoms with Gasteiger partial charge in [-0.2, -0.15) is 5.01 Å². The van der Waals surface area contributed by atoms with Crippen LogP contribution >= 0.6 is 0 Å². The molecule has 0 saturated heterocycles. The van der Waals surface area contributed by atoms with E-state index in [0.717, 1.165) is 0 Å². The quantitative estimate of drug-likeness (QED) is 0.686. The third kappa shape index (κ3) is 3.78. The average Bonchev–Trinajstić information content (AvgIpc) is 3.23. The van der Waals surface area contributed by atoms with Crippen molar-refractivity contribution in [3.05, 3.63) is 41.5 Å². The first-order valence-corrected chi connectivity index (χ1v) is 9.04. The van der Waals surface area contributed by atoms with E-state index in [2.05, 4.69) is 5.10 Å². The molecule has 0 aromatic heterocycles. The molecule has 3 rings (SSSR count). The second-order valence-electron chi connectivity index (χ2n) is 6.26. The summed E-state index contributed by atoms with van der Waals surface area (Å²) in [5, 5.41) is 5.63. The number of benzene rings is 2. The molecule has 0 fully saturated rings. The van der Waals surface area contributed by atoms with Gasteiger partial charge in [-0.25, -0.2) is 0 Å². The lowest BCUT2D eigenvalue weighted by molar-refractivity contribution is -0.135. The summed E-state index contributed by atoms with van der Waals surface area (Å²) in [5.74, 6) is 2.39. The summed E-state index contributed by atoms with van der Waals surface area (Å²) in [6.07, 6.45) is -0.808. The molecule has 0 spiro atoms. The topological polar surface area (TPSA) is 88.1 Å². The molecule has 1 aliphatic rings. The maximum atomic E-state index is 12.3. The van der Waals surface area contributed by atoms with Gasteiger partial charge in [-0.1, -0.05) is 0 Å². The first kappa shape index (κ1) is 21.1. The molecule has 2 aromatic rings. The molecule has 1 atom stereocenters. The molecule has 0 saturated carbocycles. The maximum Gasteiger partial charge on any atom is 0.243 e. The van der Waals surface area contributed by atoms with Gasteiger partial charge in [0.05, 0.1) is 41.1 Å². The van der Waals surface area contributed by atoms with Crippen LogP contribution in [0.15, 0.2) is 35.4 Å². The van der Waals surface area contributed by atoms with Gasteiger partial charge in [0.2, 0.25) is 23.8 Å². The number of hydrazone groups is 1. The Morgan fingerprint density at radius 2 is 1.53 bits per heavy atom. The van der Waals surface area contributed by atoms with Gasteiger partial charge in [-0.3, -0.25) is 4.79 Å². The summed E-state index contributed by atoms with van der Waals surface area (Å²) < 4.78 is 32.9. The van der Waals surface area contributed by atoms with E-state index in [-0.39, 0.29) is 11.8 Å². The highest BCUT2D eigenvalue weighted by Crippen LogP contribution is 2.41. The van der Waals surface area contributed by atoms with Gasteiger partial charge in [-0.05, 0) is 24.3 Å². The number of ether oxygens (including phenoxy) is 6. The summed E-state index contributed by atoms with van der Waals surface area (Å²) in [6, 6.07) is 8.65. The molecule has 9 heteroatoms. The summed E-state index contributed by atoms with van der Waals surface area (Å²) in [5.41, 5.74) is 1.19. The highest BCUT2D eigenvalue weighted by molar-refractivity contribution is 5.97. The van der Waals surface area contributed by atoms with Crippen LogP contribution in [0, 0.1) is 0 Å². The predicted molar refractivity (Wildman–Crippen MR) is 109 cm³/mol. The predicted octanol–water partition coefficient (Wildman–Crippen LogP) is 2.97. The second kappa shape index (κ2) is 8.81. The van der Waals surface area contributed by atoms with Gasteiger partial charge < -0.3 is 28.4 Å². The van der Waals surface area contributed by atoms with Crippen molar-refractivity contribution < 1.29 is 33.2 Å². The first-order chi connectivity index (χ1) is 14.5. The molecule has 0 radical (unpaired) electrons. The van der Waals surface area contributed by atoms with Crippen LogP contribution < -0.4 is 23.7 Å². The Kier molecular flexibility index (Phi) is 6.20. The van der Waals surface area contributed by atoms with Crippen molar-refractivity contribution in [1.29, 1.82) is 0 Å². The van der Waals surface area contributed by atoms with Crippen LogP contribution in [0.5, 0.6) is 28.7 Å². The minimum atomic E-state index is -0.808.